The SMILES string of the molecule is CC(N)OC(=O)CO. The third kappa shape index (κ3) is 3.58. The van der Waals surface area contributed by atoms with Gasteiger partial charge in [0.1, 0.15) is 12.8 Å². The zero-order valence-electron chi connectivity index (χ0n) is 4.63. The minimum absolute atomic E-state index is 0.610. The second-order valence-corrected chi connectivity index (χ2v) is 1.35. The van der Waals surface area contributed by atoms with Crippen LogP contribution in [0.25, 0.3) is 0 Å². The highest BCUT2D eigenvalue weighted by atomic mass is 16.6. The van der Waals surface area contributed by atoms with Gasteiger partial charge < -0.3 is 9.84 Å². The van der Waals surface area contributed by atoms with Crippen LogP contribution in [0.5, 0.6) is 0 Å². The van der Waals surface area contributed by atoms with Crippen molar-refractivity contribution in [1.29, 1.82) is 0 Å². The van der Waals surface area contributed by atoms with Crippen molar-refractivity contribution in [1.82, 2.24) is 0 Å². The molecule has 0 aliphatic heterocycles. The molecule has 0 aromatic carbocycles. The highest BCUT2D eigenvalue weighted by molar-refractivity contribution is 5.70. The van der Waals surface area contributed by atoms with E-state index in [1.165, 1.54) is 6.92 Å². The van der Waals surface area contributed by atoms with Crippen molar-refractivity contribution >= 4 is 5.97 Å². The summed E-state index contributed by atoms with van der Waals surface area (Å²) in [7, 11) is 0. The molecule has 1 atom stereocenters. The number of carbonyl (C=O) groups is 1. The van der Waals surface area contributed by atoms with E-state index in [4.69, 9.17) is 10.8 Å². The molecular weight excluding hydrogens is 110 g/mol. The van der Waals surface area contributed by atoms with Crippen molar-refractivity contribution in [2.45, 2.75) is 13.2 Å². The van der Waals surface area contributed by atoms with Crippen molar-refractivity contribution in [3.05, 3.63) is 0 Å². The molecule has 0 aliphatic rings. The van der Waals surface area contributed by atoms with Gasteiger partial charge in [0.2, 0.25) is 0 Å². The van der Waals surface area contributed by atoms with Crippen molar-refractivity contribution in [3.63, 3.8) is 0 Å². The second kappa shape index (κ2) is 3.40. The normalized spacial score (nSPS) is 12.9. The maximum atomic E-state index is 10.1. The number of hydrogen-bond acceptors (Lipinski definition) is 4. The first-order chi connectivity index (χ1) is 3.66. The zero-order chi connectivity index (χ0) is 6.57. The molecule has 0 amide bonds. The molecule has 8 heavy (non-hydrogen) atoms. The van der Waals surface area contributed by atoms with Gasteiger partial charge in [-0.05, 0) is 6.92 Å². The first kappa shape index (κ1) is 7.39. The van der Waals surface area contributed by atoms with Gasteiger partial charge >= 0.3 is 5.97 Å². The van der Waals surface area contributed by atoms with Crippen molar-refractivity contribution < 1.29 is 14.6 Å². The van der Waals surface area contributed by atoms with Crippen LogP contribution in [0.15, 0.2) is 0 Å². The minimum Gasteiger partial charge on any atom is -0.445 e. The van der Waals surface area contributed by atoms with E-state index in [1.807, 2.05) is 0 Å². The van der Waals surface area contributed by atoms with Crippen LogP contribution >= 0.6 is 0 Å². The van der Waals surface area contributed by atoms with Crippen LogP contribution in [0.2, 0.25) is 0 Å². The lowest BCUT2D eigenvalue weighted by atomic mass is 10.6. The van der Waals surface area contributed by atoms with E-state index in [0.717, 1.165) is 0 Å². The molecule has 0 radical (unpaired) electrons. The molecule has 0 aromatic heterocycles. The predicted molar refractivity (Wildman–Crippen MR) is 26.8 cm³/mol. The molecule has 0 fully saturated rings. The van der Waals surface area contributed by atoms with E-state index in [2.05, 4.69) is 4.74 Å². The van der Waals surface area contributed by atoms with Gasteiger partial charge in [0.15, 0.2) is 0 Å². The lowest BCUT2D eigenvalue weighted by Crippen LogP contribution is -2.24. The summed E-state index contributed by atoms with van der Waals surface area (Å²) in [6.45, 7) is 0.898. The summed E-state index contributed by atoms with van der Waals surface area (Å²) in [6, 6.07) is 0. The van der Waals surface area contributed by atoms with Crippen LogP contribution in [-0.2, 0) is 9.53 Å². The molecule has 48 valence electrons. The fraction of sp³-hybridized carbons (Fsp3) is 0.750. The van der Waals surface area contributed by atoms with E-state index >= 15 is 0 Å². The van der Waals surface area contributed by atoms with Gasteiger partial charge in [0.25, 0.3) is 0 Å². The molecule has 0 rings (SSSR count). The van der Waals surface area contributed by atoms with Gasteiger partial charge in [-0.1, -0.05) is 0 Å². The Morgan fingerprint density at radius 3 is 2.62 bits per heavy atom. The molecule has 0 bridgehead atoms. The first-order valence-corrected chi connectivity index (χ1v) is 2.22. The molecule has 0 aromatic rings. The van der Waals surface area contributed by atoms with Gasteiger partial charge in [-0.2, -0.15) is 0 Å². The van der Waals surface area contributed by atoms with E-state index < -0.39 is 18.8 Å². The summed E-state index contributed by atoms with van der Waals surface area (Å²) in [4.78, 5) is 10.1. The van der Waals surface area contributed by atoms with Crippen LogP contribution in [0.3, 0.4) is 0 Å². The Hall–Kier alpha value is -0.610. The van der Waals surface area contributed by atoms with Gasteiger partial charge in [-0.25, -0.2) is 4.79 Å². The Morgan fingerprint density at radius 1 is 2.00 bits per heavy atom. The zero-order valence-corrected chi connectivity index (χ0v) is 4.63. The Morgan fingerprint density at radius 2 is 2.50 bits per heavy atom. The molecule has 3 N–H and O–H groups in total. The molecule has 0 heterocycles. The molecular formula is C4H9NO3. The number of rotatable bonds is 2. The molecule has 0 spiro atoms. The molecule has 0 saturated carbocycles. The standard InChI is InChI=1S/C4H9NO3/c1-3(5)8-4(7)2-6/h3,6H,2,5H2,1H3. The minimum atomic E-state index is -0.694. The average molecular weight is 119 g/mol. The summed E-state index contributed by atoms with van der Waals surface area (Å²) in [5, 5.41) is 8.05. The predicted octanol–water partition coefficient (Wildman–Crippen LogP) is -1.17. The van der Waals surface area contributed by atoms with Crippen LogP contribution in [0.4, 0.5) is 0 Å². The monoisotopic (exact) mass is 119 g/mol. The highest BCUT2D eigenvalue weighted by Gasteiger charge is 2.00. The van der Waals surface area contributed by atoms with Crippen LogP contribution in [0, 0.1) is 0 Å². The van der Waals surface area contributed by atoms with Gasteiger partial charge in [0, 0.05) is 0 Å². The van der Waals surface area contributed by atoms with E-state index in [0.29, 0.717) is 0 Å². The lowest BCUT2D eigenvalue weighted by Gasteiger charge is -2.03. The highest BCUT2D eigenvalue weighted by Crippen LogP contribution is 1.79. The smallest absolute Gasteiger partial charge is 0.333 e. The number of ether oxygens (including phenoxy) is 1. The number of nitrogens with two attached hydrogens (primary N) is 1. The third-order valence-electron chi connectivity index (χ3n) is 0.446. The molecule has 4 heteroatoms. The van der Waals surface area contributed by atoms with Crippen molar-refractivity contribution in [2.75, 3.05) is 6.61 Å². The van der Waals surface area contributed by atoms with Crippen LogP contribution in [0.1, 0.15) is 6.92 Å². The quantitative estimate of drug-likeness (QED) is 0.355. The summed E-state index contributed by atoms with van der Waals surface area (Å²) >= 11 is 0. The van der Waals surface area contributed by atoms with Gasteiger partial charge in [-0.3, -0.25) is 5.73 Å². The molecule has 0 aliphatic carbocycles. The summed E-state index contributed by atoms with van der Waals surface area (Å²) in [6.07, 6.45) is -0.630. The summed E-state index contributed by atoms with van der Waals surface area (Å²) < 4.78 is 4.29. The fourth-order valence-electron chi connectivity index (χ4n) is 0.245. The number of esters is 1. The molecule has 0 saturated heterocycles. The largest absolute Gasteiger partial charge is 0.445 e. The van der Waals surface area contributed by atoms with Crippen molar-refractivity contribution in [2.24, 2.45) is 5.73 Å². The van der Waals surface area contributed by atoms with E-state index in [1.54, 1.807) is 0 Å². The number of carbonyl (C=O) groups excluding carboxylic acids is 1. The maximum absolute atomic E-state index is 10.1. The Bertz CT molecular complexity index is 81.4. The van der Waals surface area contributed by atoms with Crippen molar-refractivity contribution in [3.8, 4) is 0 Å². The van der Waals surface area contributed by atoms with Crippen LogP contribution < -0.4 is 5.73 Å². The Balaban J connectivity index is 3.25. The third-order valence-corrected chi connectivity index (χ3v) is 0.446. The summed E-state index contributed by atoms with van der Waals surface area (Å²) in [5.74, 6) is -0.694. The van der Waals surface area contributed by atoms with Crippen LogP contribution in [-0.4, -0.2) is 23.9 Å². The number of hydrogen-bond donors (Lipinski definition) is 2. The number of aliphatic hydroxyl groups is 1. The maximum Gasteiger partial charge on any atom is 0.333 e. The van der Waals surface area contributed by atoms with E-state index in [9.17, 15) is 4.79 Å². The Kier molecular flexibility index (Phi) is 3.14. The van der Waals surface area contributed by atoms with E-state index in [-0.39, 0.29) is 0 Å². The second-order valence-electron chi connectivity index (χ2n) is 1.35. The van der Waals surface area contributed by atoms with Gasteiger partial charge in [-0.15, -0.1) is 0 Å². The number of aliphatic hydroxyl groups excluding tert-OH is 1. The fourth-order valence-corrected chi connectivity index (χ4v) is 0.245. The van der Waals surface area contributed by atoms with Gasteiger partial charge in [0.05, 0.1) is 0 Å². The topological polar surface area (TPSA) is 72.5 Å². The molecule has 4 nitrogen and oxygen atoms in total. The Labute approximate surface area is 47.2 Å². The first-order valence-electron chi connectivity index (χ1n) is 2.22. The molecule has 1 unspecified atom stereocenters. The average Bonchev–Trinajstić information content (AvgIpc) is 1.65. The lowest BCUT2D eigenvalue weighted by molar-refractivity contribution is -0.151. The summed E-state index contributed by atoms with van der Waals surface area (Å²) in [5.41, 5.74) is 5.01.